The Bertz CT molecular complexity index is 1150. The molecule has 1 aromatic rings. The van der Waals surface area contributed by atoms with Gasteiger partial charge in [-0.1, -0.05) is 29.8 Å². The Morgan fingerprint density at radius 2 is 1.80 bits per heavy atom. The highest BCUT2D eigenvalue weighted by molar-refractivity contribution is 6.23. The molecule has 1 heterocycles. The predicted octanol–water partition coefficient (Wildman–Crippen LogP) is 2.42. The van der Waals surface area contributed by atoms with Gasteiger partial charge in [0.05, 0.1) is 11.8 Å². The minimum Gasteiger partial charge on any atom is -0.507 e. The van der Waals surface area contributed by atoms with Crippen LogP contribution in [0.1, 0.15) is 36.8 Å². The second-order valence-corrected chi connectivity index (χ2v) is 8.59. The lowest BCUT2D eigenvalue weighted by atomic mass is 9.59. The van der Waals surface area contributed by atoms with Gasteiger partial charge in [-0.25, -0.2) is 0 Å². The maximum Gasteiger partial charge on any atom is 0.231 e. The van der Waals surface area contributed by atoms with Gasteiger partial charge in [-0.3, -0.25) is 24.5 Å². The first kappa shape index (κ1) is 18.7. The number of carbonyl (C=O) groups is 4. The van der Waals surface area contributed by atoms with E-state index in [-0.39, 0.29) is 41.5 Å². The van der Waals surface area contributed by atoms with Crippen LogP contribution in [0.5, 0.6) is 5.75 Å². The lowest BCUT2D eigenvalue weighted by Crippen LogP contribution is -2.39. The van der Waals surface area contributed by atoms with Crippen molar-refractivity contribution in [1.29, 1.82) is 0 Å². The van der Waals surface area contributed by atoms with Crippen LogP contribution < -0.4 is 5.32 Å². The first-order valence-electron chi connectivity index (χ1n) is 10.1. The minimum absolute atomic E-state index is 0.0801. The molecular weight excluding hydrogens is 382 g/mol. The normalized spacial score (nSPS) is 30.3. The van der Waals surface area contributed by atoms with E-state index >= 15 is 0 Å². The molecule has 0 aromatic heterocycles. The summed E-state index contributed by atoms with van der Waals surface area (Å²) in [7, 11) is 0. The van der Waals surface area contributed by atoms with Gasteiger partial charge in [0.15, 0.2) is 11.6 Å². The maximum absolute atomic E-state index is 13.1. The summed E-state index contributed by atoms with van der Waals surface area (Å²) in [5.74, 6) is -2.94. The minimum atomic E-state index is -0.607. The fraction of sp³-hybridized carbons (Fsp3) is 0.333. The Labute approximate surface area is 173 Å². The molecule has 0 spiro atoms. The Hall–Kier alpha value is -3.28. The Morgan fingerprint density at radius 1 is 1.03 bits per heavy atom. The molecule has 0 bridgehead atoms. The summed E-state index contributed by atoms with van der Waals surface area (Å²) in [5, 5.41) is 13.2. The number of Topliss-reactive ketones (excluding diaryl/α,β-unsaturated/α-hetero) is 1. The number of amides is 2. The number of para-hydroxylation sites is 1. The first-order chi connectivity index (χ1) is 14.3. The second kappa shape index (κ2) is 6.36. The second-order valence-electron chi connectivity index (χ2n) is 8.59. The van der Waals surface area contributed by atoms with Crippen LogP contribution in [0.3, 0.4) is 0 Å². The fourth-order valence-electron chi connectivity index (χ4n) is 5.56. The third-order valence-electron chi connectivity index (χ3n) is 6.98. The number of ketones is 2. The number of nitrogens with one attached hydrogen (secondary N) is 1. The van der Waals surface area contributed by atoms with Crippen molar-refractivity contribution in [3.63, 3.8) is 0 Å². The molecule has 4 atom stereocenters. The Morgan fingerprint density at radius 3 is 2.57 bits per heavy atom. The van der Waals surface area contributed by atoms with Crippen LogP contribution in [-0.2, 0) is 19.2 Å². The van der Waals surface area contributed by atoms with Gasteiger partial charge in [0.1, 0.15) is 5.75 Å². The van der Waals surface area contributed by atoms with E-state index in [1.165, 1.54) is 6.08 Å². The monoisotopic (exact) mass is 403 g/mol. The third-order valence-corrected chi connectivity index (χ3v) is 6.98. The van der Waals surface area contributed by atoms with Crippen molar-refractivity contribution in [1.82, 2.24) is 5.32 Å². The van der Waals surface area contributed by atoms with Crippen molar-refractivity contribution < 1.29 is 24.3 Å². The van der Waals surface area contributed by atoms with Gasteiger partial charge in [-0.2, -0.15) is 0 Å². The van der Waals surface area contributed by atoms with Crippen molar-refractivity contribution in [2.45, 2.75) is 32.6 Å². The van der Waals surface area contributed by atoms with Gasteiger partial charge >= 0.3 is 0 Å². The summed E-state index contributed by atoms with van der Waals surface area (Å²) in [6.07, 6.45) is 3.95. The van der Waals surface area contributed by atoms with Crippen molar-refractivity contribution in [2.24, 2.45) is 17.8 Å². The van der Waals surface area contributed by atoms with Crippen molar-refractivity contribution in [3.8, 4) is 5.75 Å². The molecule has 0 unspecified atom stereocenters. The summed E-state index contributed by atoms with van der Waals surface area (Å²) in [4.78, 5) is 50.9. The molecule has 5 rings (SSSR count). The van der Waals surface area contributed by atoms with Crippen LogP contribution in [0.2, 0.25) is 0 Å². The highest BCUT2D eigenvalue weighted by atomic mass is 16.3. The summed E-state index contributed by atoms with van der Waals surface area (Å²) >= 11 is 0. The van der Waals surface area contributed by atoms with Gasteiger partial charge in [-0.05, 0) is 44.2 Å². The molecule has 30 heavy (non-hydrogen) atoms. The number of imide groups is 1. The zero-order valence-corrected chi connectivity index (χ0v) is 16.7. The molecule has 6 heteroatoms. The Balaban J connectivity index is 1.75. The van der Waals surface area contributed by atoms with Crippen LogP contribution in [-0.4, -0.2) is 28.5 Å². The molecule has 6 nitrogen and oxygen atoms in total. The first-order valence-corrected chi connectivity index (χ1v) is 10.1. The molecule has 1 saturated heterocycles. The smallest absolute Gasteiger partial charge is 0.231 e. The number of aromatic hydroxyl groups is 1. The highest BCUT2D eigenvalue weighted by Crippen LogP contribution is 2.55. The molecule has 2 amide bonds. The van der Waals surface area contributed by atoms with Crippen molar-refractivity contribution in [2.75, 3.05) is 0 Å². The van der Waals surface area contributed by atoms with E-state index in [9.17, 15) is 24.3 Å². The molecular formula is C24H21NO5. The van der Waals surface area contributed by atoms with E-state index < -0.39 is 17.8 Å². The van der Waals surface area contributed by atoms with E-state index in [1.54, 1.807) is 26.0 Å². The average Bonchev–Trinajstić information content (AvgIpc) is 3.01. The molecule has 1 aromatic carbocycles. The Kier molecular flexibility index (Phi) is 3.97. The van der Waals surface area contributed by atoms with Gasteiger partial charge in [0.2, 0.25) is 11.8 Å². The number of allylic oxidation sites excluding steroid dienone is 6. The summed E-state index contributed by atoms with van der Waals surface area (Å²) in [6, 6.07) is 5.35. The summed E-state index contributed by atoms with van der Waals surface area (Å²) in [5.41, 5.74) is 3.22. The van der Waals surface area contributed by atoms with Crippen LogP contribution in [0.25, 0.3) is 0 Å². The molecule has 0 radical (unpaired) electrons. The summed E-state index contributed by atoms with van der Waals surface area (Å²) < 4.78 is 0. The lowest BCUT2D eigenvalue weighted by molar-refractivity contribution is -0.126. The largest absolute Gasteiger partial charge is 0.507 e. The molecule has 0 saturated carbocycles. The number of rotatable bonds is 1. The van der Waals surface area contributed by atoms with Crippen LogP contribution in [0, 0.1) is 24.7 Å². The van der Waals surface area contributed by atoms with Gasteiger partial charge in [0, 0.05) is 28.2 Å². The van der Waals surface area contributed by atoms with Crippen molar-refractivity contribution in [3.05, 3.63) is 63.8 Å². The lowest BCUT2D eigenvalue weighted by Gasteiger charge is -2.42. The molecule has 1 fully saturated rings. The number of hydrogen-bond donors (Lipinski definition) is 2. The average molecular weight is 403 g/mol. The third kappa shape index (κ3) is 2.43. The molecule has 4 aliphatic rings. The molecule has 152 valence electrons. The van der Waals surface area contributed by atoms with E-state index in [2.05, 4.69) is 5.32 Å². The molecule has 2 N–H and O–H groups in total. The van der Waals surface area contributed by atoms with E-state index in [1.807, 2.05) is 12.1 Å². The number of fused-ring (bicyclic) bond motifs is 3. The van der Waals surface area contributed by atoms with E-state index in [0.717, 1.165) is 5.57 Å². The highest BCUT2D eigenvalue weighted by Gasteiger charge is 2.53. The van der Waals surface area contributed by atoms with Gasteiger partial charge in [-0.15, -0.1) is 0 Å². The number of aryl methyl sites for hydroxylation is 1. The standard InChI is InChI=1S/C24H21NO5/c1-10-4-3-5-13(21(10)27)18-12-6-7-14-19(24(30)25-23(14)29)15(12)9-16-20(18)17(26)8-11(2)22(16)28/h3-6,8,14-15,18-19,27H,7,9H2,1-2H3,(H,25,29,30)/t14-,15+,18+,19-/m0/s1. The van der Waals surface area contributed by atoms with Crippen LogP contribution >= 0.6 is 0 Å². The topological polar surface area (TPSA) is 101 Å². The molecule has 3 aliphatic carbocycles. The number of carbonyl (C=O) groups excluding carboxylic acids is 4. The van der Waals surface area contributed by atoms with Gasteiger partial charge < -0.3 is 5.11 Å². The number of hydrogen-bond acceptors (Lipinski definition) is 5. The number of benzene rings is 1. The number of phenols is 1. The van der Waals surface area contributed by atoms with E-state index in [0.29, 0.717) is 34.3 Å². The quantitative estimate of drug-likeness (QED) is 0.426. The van der Waals surface area contributed by atoms with Crippen LogP contribution in [0.4, 0.5) is 0 Å². The maximum atomic E-state index is 13.1. The van der Waals surface area contributed by atoms with Gasteiger partial charge in [0.25, 0.3) is 0 Å². The summed E-state index contributed by atoms with van der Waals surface area (Å²) in [6.45, 7) is 3.39. The molecule has 1 aliphatic heterocycles. The van der Waals surface area contributed by atoms with E-state index in [4.69, 9.17) is 0 Å². The fourth-order valence-corrected chi connectivity index (χ4v) is 5.56. The zero-order valence-electron chi connectivity index (χ0n) is 16.7. The SMILES string of the molecule is CC1=CC(=O)C2=C(C[C@@H]3C(=CC[C@@H]4C(=O)NC(=O)[C@@H]43)[C@@H]2c2cccc(C)c2O)C1=O. The van der Waals surface area contributed by atoms with Crippen molar-refractivity contribution >= 4 is 23.4 Å². The van der Waals surface area contributed by atoms with Crippen LogP contribution in [0.15, 0.2) is 52.6 Å². The zero-order chi connectivity index (χ0) is 21.3. The predicted molar refractivity (Wildman–Crippen MR) is 107 cm³/mol. The number of phenolic OH excluding ortho intramolecular Hbond substituents is 1.